The molecule has 0 unspecified atom stereocenters. The predicted molar refractivity (Wildman–Crippen MR) is 642 cm³/mol. The van der Waals surface area contributed by atoms with Crippen molar-refractivity contribution in [2.45, 2.75) is 39.3 Å². The summed E-state index contributed by atoms with van der Waals surface area (Å²) in [4.78, 5) is 19.3. The summed E-state index contributed by atoms with van der Waals surface area (Å²) in [7, 11) is -1.73. The Bertz CT molecular complexity index is 7300. The summed E-state index contributed by atoms with van der Waals surface area (Å²) < 4.78 is 11.3. The Morgan fingerprint density at radius 3 is 0.834 bits per heavy atom. The van der Waals surface area contributed by atoms with Crippen LogP contribution < -0.4 is 29.2 Å². The fourth-order valence-electron chi connectivity index (χ4n) is 14.5. The van der Waals surface area contributed by atoms with Gasteiger partial charge in [0.2, 0.25) is 0 Å². The standard InChI is InChI=1S/C25H17BrN2.C23H23NSi.2C20H15N.C18H14BrN.C12H8BO2S.C5H3BrIN.C5H10Si/c26-25-21(8-7-19-27-25)16-13-20-14-17-24(18-15-20)28(22-9-3-1-4-10-22)23-11-5-2-6-12-23;1-25(2,3)19-18-20-14-16-23(17-15-20)24(21-10-6-4-7-11-21)22-12-8-5-9-13-22;2*1-2-17-13-15-20(16-14-17)21(18-9-5-3-6-10-18)19-11-7-4-8-12-19;19-15-11-13-18(14-12-15)20(16-7-3-1-4-8-16)17-9-5-2-6-10-17;14-13-15-10-6-3-5-9-8-4-1-2-7-11(8)16-12(9)10;6-5-4(7)2-1-3-8-5;1-5-6(2,3)4/h1-12,14-15,17-19H;4-17H,1-3H3;2*1,3-16H;1-14H;1-7,14H;1-3H;1H,2-4H3. The van der Waals surface area contributed by atoms with Crippen LogP contribution in [0.1, 0.15) is 27.8 Å². The highest BCUT2D eigenvalue weighted by Crippen LogP contribution is 2.43. The van der Waals surface area contributed by atoms with Crippen LogP contribution in [-0.2, 0) is 0 Å². The van der Waals surface area contributed by atoms with E-state index in [-0.39, 0.29) is 0 Å². The first-order valence-electron chi connectivity index (χ1n) is 46.7. The minimum atomic E-state index is -1.35. The number of aromatic nitrogens is 2. The lowest BCUT2D eigenvalue weighted by Gasteiger charge is -2.25. The van der Waals surface area contributed by atoms with Gasteiger partial charge in [0.25, 0.3) is 0 Å². The molecule has 17 aromatic carbocycles. The molecule has 20 rings (SSSR count). The van der Waals surface area contributed by atoms with E-state index in [9.17, 15) is 0 Å². The normalized spacial score (nSPS) is 10.2. The van der Waals surface area contributed by atoms with Crippen molar-refractivity contribution in [2.75, 3.05) is 24.5 Å². The van der Waals surface area contributed by atoms with E-state index in [1.165, 1.54) is 15.5 Å². The van der Waals surface area contributed by atoms with Gasteiger partial charge in [-0.05, 0) is 334 Å². The highest BCUT2D eigenvalue weighted by molar-refractivity contribution is 14.1. The fraction of sp³-hybridized carbons (Fsp3) is 0.0469. The van der Waals surface area contributed by atoms with Gasteiger partial charge in [-0.3, -0.25) is 0 Å². The summed E-state index contributed by atoms with van der Waals surface area (Å²) in [6.07, 6.45) is 19.5. The Hall–Kier alpha value is -15.5. The molecule has 1 radical (unpaired) electrons. The Balaban J connectivity index is 0.000000143. The summed E-state index contributed by atoms with van der Waals surface area (Å²) >= 11 is 14.1. The number of hydrogen-bond donors (Lipinski definition) is 1. The molecule has 0 saturated heterocycles. The van der Waals surface area contributed by atoms with Crippen molar-refractivity contribution in [3.63, 3.8) is 0 Å². The molecule has 20 aromatic rings. The zero-order valence-corrected chi connectivity index (χ0v) is 90.9. The number of nitrogens with zero attached hydrogens (tertiary/aromatic N) is 7. The molecule has 1 N–H and O–H groups in total. The largest absolute Gasteiger partial charge is 0.569 e. The molecule has 3 heterocycles. The number of thiophene rings is 1. The summed E-state index contributed by atoms with van der Waals surface area (Å²) in [5, 5.41) is 11.1. The number of halogens is 4. The highest BCUT2D eigenvalue weighted by atomic mass is 127. The predicted octanol–water partition coefficient (Wildman–Crippen LogP) is 36.2. The van der Waals surface area contributed by atoms with Crippen molar-refractivity contribution in [3.05, 3.63) is 549 Å². The minimum Gasteiger partial charge on any atom is -0.536 e. The van der Waals surface area contributed by atoms with Crippen LogP contribution in [0.5, 0.6) is 5.75 Å². The van der Waals surface area contributed by atoms with E-state index >= 15 is 0 Å². The molecule has 0 amide bonds. The van der Waals surface area contributed by atoms with E-state index in [1.807, 2.05) is 194 Å². The highest BCUT2D eigenvalue weighted by Gasteiger charge is 2.19. The smallest absolute Gasteiger partial charge is 0.536 e. The maximum Gasteiger partial charge on any atom is 0.569 e. The first kappa shape index (κ1) is 107. The summed E-state index contributed by atoms with van der Waals surface area (Å²) in [5.74, 6) is 15.7. The number of pyridine rings is 2. The van der Waals surface area contributed by atoms with Crippen LogP contribution >= 0.6 is 81.7 Å². The van der Waals surface area contributed by atoms with Gasteiger partial charge in [0.1, 0.15) is 31.1 Å². The van der Waals surface area contributed by atoms with Crippen molar-refractivity contribution in [3.8, 4) is 65.7 Å². The van der Waals surface area contributed by atoms with Crippen LogP contribution in [-0.4, -0.2) is 38.8 Å². The molecule has 0 spiro atoms. The van der Waals surface area contributed by atoms with Gasteiger partial charge in [-0.25, -0.2) is 9.97 Å². The van der Waals surface area contributed by atoms with Gasteiger partial charge in [-0.2, -0.15) is 0 Å². The molecule has 3 aromatic heterocycles. The van der Waals surface area contributed by atoms with Gasteiger partial charge in [-0.1, -0.05) is 297 Å². The quantitative estimate of drug-likeness (QED) is 0.0415. The number of terminal acetylenes is 3. The molecule has 0 fully saturated rings. The molecule has 0 atom stereocenters. The third kappa shape index (κ3) is 32.8. The average molecular weight is 2240 g/mol. The van der Waals surface area contributed by atoms with E-state index in [1.54, 1.807) is 23.7 Å². The molecule has 9 nitrogen and oxygen atoms in total. The third-order valence-corrected chi connectivity index (χ3v) is 27.8. The van der Waals surface area contributed by atoms with Gasteiger partial charge >= 0.3 is 7.69 Å². The summed E-state index contributed by atoms with van der Waals surface area (Å²) in [5.41, 5.74) is 27.7. The lowest BCUT2D eigenvalue weighted by molar-refractivity contribution is 0.457. The first-order chi connectivity index (χ1) is 70.7. The summed E-state index contributed by atoms with van der Waals surface area (Å²) in [6, 6.07) is 167. The lowest BCUT2D eigenvalue weighted by Crippen LogP contribution is -2.16. The van der Waals surface area contributed by atoms with E-state index < -0.39 is 16.1 Å². The fourth-order valence-corrected chi connectivity index (χ4v) is 17.4. The summed E-state index contributed by atoms with van der Waals surface area (Å²) in [6.45, 7) is 13.2. The van der Waals surface area contributed by atoms with Crippen LogP contribution in [0, 0.1) is 63.5 Å². The number of para-hydroxylation sites is 10. The molecule has 0 bridgehead atoms. The first-order valence-corrected chi connectivity index (χ1v) is 58.0. The number of rotatable bonds is 17. The average Bonchev–Trinajstić information content (AvgIpc) is 1.62. The molecule has 0 saturated carbocycles. The molecule has 0 aliphatic rings. The molecule has 17 heteroatoms. The van der Waals surface area contributed by atoms with Crippen molar-refractivity contribution < 1.29 is 9.68 Å². The zero-order chi connectivity index (χ0) is 102. The number of benzene rings is 17. The number of fused-ring (bicyclic) bond motifs is 3. The molecule has 709 valence electrons. The van der Waals surface area contributed by atoms with Gasteiger partial charge in [0.05, 0.1) is 10.3 Å². The Morgan fingerprint density at radius 1 is 0.290 bits per heavy atom. The van der Waals surface area contributed by atoms with E-state index in [0.717, 1.165) is 143 Å². The van der Waals surface area contributed by atoms with Gasteiger partial charge in [0, 0.05) is 143 Å². The monoisotopic (exact) mass is 2230 g/mol. The van der Waals surface area contributed by atoms with Gasteiger partial charge in [0.15, 0.2) is 0 Å². The molecular formula is C128H105BBr3IN7O2SSi2. The SMILES string of the molecule is Brc1ccc(N(c2ccccc2)c2ccccc2)cc1.Brc1ncccc1C#Cc1ccc(N(c2ccccc2)c2ccccc2)cc1.Brc1ncccc1I.C#C[Si](C)(C)C.C#Cc1ccc(N(c2ccccc2)c2ccccc2)cc1.C#Cc1ccc(N(c2ccccc2)c2ccccc2)cc1.C[Si](C)(C)C#Cc1ccc(N(c2ccccc2)c2ccccc2)cc1.O[B]Oc1cccc2c1sc1ccccc12. The second kappa shape index (κ2) is 55.8. The van der Waals surface area contributed by atoms with E-state index in [0.29, 0.717) is 5.75 Å². The molecular weight excluding hydrogens is 2130 g/mol. The van der Waals surface area contributed by atoms with E-state index in [2.05, 4.69) is 482 Å². The van der Waals surface area contributed by atoms with Crippen LogP contribution in [0.15, 0.2) is 517 Å². The maximum atomic E-state index is 8.71. The number of hydrogen-bond acceptors (Lipinski definition) is 10. The van der Waals surface area contributed by atoms with Crippen LogP contribution in [0.2, 0.25) is 39.3 Å². The minimum absolute atomic E-state index is 0.696. The Kier molecular flexibility index (Phi) is 41.1. The molecule has 0 aliphatic heterocycles. The number of anilines is 15. The van der Waals surface area contributed by atoms with Crippen molar-refractivity contribution in [1.82, 2.24) is 9.97 Å². The van der Waals surface area contributed by atoms with Crippen molar-refractivity contribution in [1.29, 1.82) is 0 Å². The Labute approximate surface area is 900 Å². The van der Waals surface area contributed by atoms with Crippen LogP contribution in [0.25, 0.3) is 20.2 Å². The van der Waals surface area contributed by atoms with Crippen LogP contribution in [0.4, 0.5) is 85.3 Å². The van der Waals surface area contributed by atoms with Crippen LogP contribution in [0.3, 0.4) is 0 Å². The molecule has 0 aliphatic carbocycles. The zero-order valence-electron chi connectivity index (χ0n) is 81.1. The van der Waals surface area contributed by atoms with Gasteiger partial charge < -0.3 is 34.2 Å². The topological polar surface area (TPSA) is 71.4 Å². The molecule has 145 heavy (non-hydrogen) atoms. The second-order valence-electron chi connectivity index (χ2n) is 34.2. The van der Waals surface area contributed by atoms with Crippen molar-refractivity contribution in [2.24, 2.45) is 0 Å². The third-order valence-electron chi connectivity index (χ3n) is 21.4. The Morgan fingerprint density at radius 2 is 0.559 bits per heavy atom. The van der Waals surface area contributed by atoms with Gasteiger partial charge in [-0.15, -0.1) is 41.7 Å². The van der Waals surface area contributed by atoms with Crippen molar-refractivity contribution >= 4 is 211 Å². The second-order valence-corrected chi connectivity index (χ2v) is 48.4. The van der Waals surface area contributed by atoms with E-state index in [4.69, 9.17) is 28.9 Å². The lowest BCUT2D eigenvalue weighted by atomic mass is 10.1. The maximum absolute atomic E-state index is 8.71.